The molecule has 0 saturated heterocycles. The summed E-state index contributed by atoms with van der Waals surface area (Å²) >= 11 is 0. The molecule has 1 fully saturated rings. The molecule has 2 aromatic rings. The number of benzene rings is 2. The van der Waals surface area contributed by atoms with Crippen LogP contribution in [0.5, 0.6) is 0 Å². The lowest BCUT2D eigenvalue weighted by Gasteiger charge is -2.37. The second kappa shape index (κ2) is 5.28. The standard InChI is InChI=1S/C18H20FN/c1-12-6-7-13(2)18(8-12)20-17-10-15(11-17)14-4-3-5-16(19)9-14/h3-9,15,17,20H,10-11H2,1-2H3. The first kappa shape index (κ1) is 13.2. The normalized spacial score (nSPS) is 21.4. The van der Waals surface area contributed by atoms with Crippen molar-refractivity contribution in [2.24, 2.45) is 0 Å². The van der Waals surface area contributed by atoms with Gasteiger partial charge in [-0.15, -0.1) is 0 Å². The molecule has 0 radical (unpaired) electrons. The molecule has 0 atom stereocenters. The summed E-state index contributed by atoms with van der Waals surface area (Å²) in [7, 11) is 0. The summed E-state index contributed by atoms with van der Waals surface area (Å²) in [6.07, 6.45) is 2.16. The molecule has 1 aliphatic carbocycles. The maximum atomic E-state index is 13.2. The first-order chi connectivity index (χ1) is 9.61. The molecule has 2 heteroatoms. The van der Waals surface area contributed by atoms with Crippen molar-refractivity contribution in [1.29, 1.82) is 0 Å². The Morgan fingerprint density at radius 1 is 1.05 bits per heavy atom. The molecule has 2 aromatic carbocycles. The van der Waals surface area contributed by atoms with Crippen molar-refractivity contribution in [3.8, 4) is 0 Å². The number of aryl methyl sites for hydroxylation is 2. The minimum atomic E-state index is -0.131. The highest BCUT2D eigenvalue weighted by atomic mass is 19.1. The smallest absolute Gasteiger partial charge is 0.123 e. The van der Waals surface area contributed by atoms with Gasteiger partial charge in [-0.25, -0.2) is 4.39 Å². The summed E-state index contributed by atoms with van der Waals surface area (Å²) in [5.74, 6) is 0.363. The fourth-order valence-electron chi connectivity index (χ4n) is 2.88. The van der Waals surface area contributed by atoms with Crippen molar-refractivity contribution in [2.45, 2.75) is 38.6 Å². The molecule has 1 N–H and O–H groups in total. The van der Waals surface area contributed by atoms with Gasteiger partial charge in [-0.2, -0.15) is 0 Å². The lowest BCUT2D eigenvalue weighted by molar-refractivity contribution is 0.373. The number of anilines is 1. The molecular weight excluding hydrogens is 249 g/mol. The summed E-state index contributed by atoms with van der Waals surface area (Å²) in [6, 6.07) is 14.0. The van der Waals surface area contributed by atoms with Gasteiger partial charge in [-0.05, 0) is 67.5 Å². The summed E-state index contributed by atoms with van der Waals surface area (Å²) in [5.41, 5.74) is 4.92. The SMILES string of the molecule is Cc1ccc(C)c(NC2CC(c3cccc(F)c3)C2)c1. The van der Waals surface area contributed by atoms with E-state index in [-0.39, 0.29) is 5.82 Å². The van der Waals surface area contributed by atoms with Gasteiger partial charge in [0.15, 0.2) is 0 Å². The Kier molecular flexibility index (Phi) is 3.47. The number of halogens is 1. The molecule has 20 heavy (non-hydrogen) atoms. The number of nitrogens with one attached hydrogen (secondary N) is 1. The van der Waals surface area contributed by atoms with Crippen molar-refractivity contribution >= 4 is 5.69 Å². The van der Waals surface area contributed by atoms with Crippen LogP contribution in [0.15, 0.2) is 42.5 Å². The Morgan fingerprint density at radius 3 is 2.60 bits per heavy atom. The molecule has 1 saturated carbocycles. The summed E-state index contributed by atoms with van der Waals surface area (Å²) in [4.78, 5) is 0. The molecule has 0 aromatic heterocycles. The van der Waals surface area contributed by atoms with E-state index in [1.54, 1.807) is 12.1 Å². The predicted molar refractivity (Wildman–Crippen MR) is 81.7 cm³/mol. The third-order valence-electron chi connectivity index (χ3n) is 4.21. The van der Waals surface area contributed by atoms with Gasteiger partial charge in [0.1, 0.15) is 5.82 Å². The largest absolute Gasteiger partial charge is 0.382 e. The van der Waals surface area contributed by atoms with Gasteiger partial charge in [0.2, 0.25) is 0 Å². The minimum Gasteiger partial charge on any atom is -0.382 e. The van der Waals surface area contributed by atoms with Gasteiger partial charge in [-0.3, -0.25) is 0 Å². The van der Waals surface area contributed by atoms with Gasteiger partial charge in [0.05, 0.1) is 0 Å². The number of hydrogen-bond donors (Lipinski definition) is 1. The molecule has 0 heterocycles. The lowest BCUT2D eigenvalue weighted by atomic mass is 9.75. The topological polar surface area (TPSA) is 12.0 Å². The Morgan fingerprint density at radius 2 is 1.85 bits per heavy atom. The molecule has 104 valence electrons. The van der Waals surface area contributed by atoms with Crippen LogP contribution < -0.4 is 5.32 Å². The Labute approximate surface area is 119 Å². The second-order valence-electron chi connectivity index (χ2n) is 5.88. The van der Waals surface area contributed by atoms with E-state index in [2.05, 4.69) is 37.4 Å². The van der Waals surface area contributed by atoms with Crippen LogP contribution in [0, 0.1) is 19.7 Å². The summed E-state index contributed by atoms with van der Waals surface area (Å²) < 4.78 is 13.2. The van der Waals surface area contributed by atoms with Crippen LogP contribution >= 0.6 is 0 Å². The van der Waals surface area contributed by atoms with E-state index in [1.807, 2.05) is 6.07 Å². The highest BCUT2D eigenvalue weighted by Crippen LogP contribution is 2.39. The molecule has 0 bridgehead atoms. The van der Waals surface area contributed by atoms with Crippen LogP contribution in [0.1, 0.15) is 35.4 Å². The second-order valence-corrected chi connectivity index (χ2v) is 5.88. The summed E-state index contributed by atoms with van der Waals surface area (Å²) in [6.45, 7) is 4.24. The maximum Gasteiger partial charge on any atom is 0.123 e. The van der Waals surface area contributed by atoms with E-state index < -0.39 is 0 Å². The maximum absolute atomic E-state index is 13.2. The first-order valence-corrected chi connectivity index (χ1v) is 7.21. The van der Waals surface area contributed by atoms with Gasteiger partial charge >= 0.3 is 0 Å². The molecule has 3 rings (SSSR count). The molecule has 0 unspecified atom stereocenters. The van der Waals surface area contributed by atoms with E-state index in [0.717, 1.165) is 18.4 Å². The lowest BCUT2D eigenvalue weighted by Crippen LogP contribution is -2.34. The van der Waals surface area contributed by atoms with E-state index in [0.29, 0.717) is 12.0 Å². The predicted octanol–water partition coefficient (Wildman–Crippen LogP) is 4.80. The van der Waals surface area contributed by atoms with Crippen molar-refractivity contribution in [3.63, 3.8) is 0 Å². The third-order valence-corrected chi connectivity index (χ3v) is 4.21. The molecule has 0 aliphatic heterocycles. The van der Waals surface area contributed by atoms with Gasteiger partial charge in [-0.1, -0.05) is 24.3 Å². The van der Waals surface area contributed by atoms with Crippen LogP contribution in [0.4, 0.5) is 10.1 Å². The van der Waals surface area contributed by atoms with E-state index in [9.17, 15) is 4.39 Å². The van der Waals surface area contributed by atoms with E-state index in [4.69, 9.17) is 0 Å². The fraction of sp³-hybridized carbons (Fsp3) is 0.333. The zero-order valence-corrected chi connectivity index (χ0v) is 12.0. The molecule has 1 nitrogen and oxygen atoms in total. The monoisotopic (exact) mass is 269 g/mol. The highest BCUT2D eigenvalue weighted by molar-refractivity contribution is 5.53. The van der Waals surface area contributed by atoms with E-state index >= 15 is 0 Å². The van der Waals surface area contributed by atoms with Gasteiger partial charge in [0.25, 0.3) is 0 Å². The Hall–Kier alpha value is -1.83. The van der Waals surface area contributed by atoms with Gasteiger partial charge < -0.3 is 5.32 Å². The minimum absolute atomic E-state index is 0.131. The van der Waals surface area contributed by atoms with Crippen molar-refractivity contribution < 1.29 is 4.39 Å². The van der Waals surface area contributed by atoms with Gasteiger partial charge in [0, 0.05) is 11.7 Å². The van der Waals surface area contributed by atoms with Crippen molar-refractivity contribution in [3.05, 3.63) is 65.0 Å². The van der Waals surface area contributed by atoms with Crippen LogP contribution in [0.2, 0.25) is 0 Å². The third kappa shape index (κ3) is 2.69. The molecule has 0 spiro atoms. The number of rotatable bonds is 3. The average molecular weight is 269 g/mol. The molecule has 1 aliphatic rings. The molecular formula is C18H20FN. The molecule has 0 amide bonds. The highest BCUT2D eigenvalue weighted by Gasteiger charge is 2.30. The van der Waals surface area contributed by atoms with Crippen molar-refractivity contribution in [1.82, 2.24) is 0 Å². The zero-order valence-electron chi connectivity index (χ0n) is 12.0. The van der Waals surface area contributed by atoms with Crippen molar-refractivity contribution in [2.75, 3.05) is 5.32 Å². The van der Waals surface area contributed by atoms with Crippen LogP contribution in [0.25, 0.3) is 0 Å². The van der Waals surface area contributed by atoms with Crippen LogP contribution in [-0.2, 0) is 0 Å². The zero-order chi connectivity index (χ0) is 14.1. The summed E-state index contributed by atoms with van der Waals surface area (Å²) in [5, 5.41) is 3.61. The van der Waals surface area contributed by atoms with Crippen LogP contribution in [0.3, 0.4) is 0 Å². The van der Waals surface area contributed by atoms with Crippen LogP contribution in [-0.4, -0.2) is 6.04 Å². The Balaban J connectivity index is 1.62. The number of hydrogen-bond acceptors (Lipinski definition) is 1. The fourth-order valence-corrected chi connectivity index (χ4v) is 2.88. The van der Waals surface area contributed by atoms with E-state index in [1.165, 1.54) is 22.9 Å². The Bertz CT molecular complexity index is 615. The average Bonchev–Trinajstić information content (AvgIpc) is 2.37. The first-order valence-electron chi connectivity index (χ1n) is 7.21. The quantitative estimate of drug-likeness (QED) is 0.844.